The van der Waals surface area contributed by atoms with Gasteiger partial charge in [-0.15, -0.1) is 0 Å². The first-order valence-electron chi connectivity index (χ1n) is 11.9. The van der Waals surface area contributed by atoms with Crippen LogP contribution in [-0.4, -0.2) is 0 Å². The molecule has 0 heterocycles. The van der Waals surface area contributed by atoms with E-state index in [1.54, 1.807) is 5.56 Å². The zero-order valence-corrected chi connectivity index (χ0v) is 18.3. The zero-order chi connectivity index (χ0) is 20.5. The molecule has 1 aliphatic carbocycles. The summed E-state index contributed by atoms with van der Waals surface area (Å²) in [6.07, 6.45) is 16.1. The topological polar surface area (TPSA) is 52.0 Å². The molecular formula is C27H40N2. The van der Waals surface area contributed by atoms with Crippen molar-refractivity contribution in [2.24, 2.45) is 5.92 Å². The molecule has 3 rings (SSSR count). The maximum Gasteiger partial charge on any atom is 0.0367 e. The highest BCUT2D eigenvalue weighted by Crippen LogP contribution is 2.37. The van der Waals surface area contributed by atoms with E-state index >= 15 is 0 Å². The third-order valence-corrected chi connectivity index (χ3v) is 6.87. The smallest absolute Gasteiger partial charge is 0.0367 e. The second-order valence-electron chi connectivity index (χ2n) is 9.12. The molecule has 4 N–H and O–H groups in total. The van der Waals surface area contributed by atoms with E-state index in [-0.39, 0.29) is 0 Å². The predicted molar refractivity (Wildman–Crippen MR) is 127 cm³/mol. The summed E-state index contributed by atoms with van der Waals surface area (Å²) in [5.74, 6) is 1.76. The third-order valence-electron chi connectivity index (χ3n) is 6.87. The molecule has 1 fully saturated rings. The van der Waals surface area contributed by atoms with Crippen LogP contribution < -0.4 is 11.5 Å². The largest absolute Gasteiger partial charge is 0.399 e. The Balaban J connectivity index is 1.41. The highest BCUT2D eigenvalue weighted by Gasteiger charge is 2.22. The number of benzene rings is 2. The third kappa shape index (κ3) is 6.80. The van der Waals surface area contributed by atoms with Gasteiger partial charge < -0.3 is 11.5 Å². The molecule has 158 valence electrons. The van der Waals surface area contributed by atoms with E-state index in [9.17, 15) is 0 Å². The fourth-order valence-corrected chi connectivity index (χ4v) is 4.90. The molecule has 1 aliphatic rings. The lowest BCUT2D eigenvalue weighted by molar-refractivity contribution is 0.302. The van der Waals surface area contributed by atoms with Gasteiger partial charge in [-0.3, -0.25) is 0 Å². The van der Waals surface area contributed by atoms with Crippen molar-refractivity contribution in [2.75, 3.05) is 11.5 Å². The van der Waals surface area contributed by atoms with Crippen molar-refractivity contribution in [3.05, 3.63) is 59.2 Å². The molecule has 2 aromatic carbocycles. The molecule has 2 aromatic rings. The van der Waals surface area contributed by atoms with Crippen molar-refractivity contribution in [3.63, 3.8) is 0 Å². The highest BCUT2D eigenvalue weighted by atomic mass is 14.6. The first kappa shape index (κ1) is 21.7. The average Bonchev–Trinajstić information content (AvgIpc) is 2.74. The molecule has 0 aliphatic heterocycles. The van der Waals surface area contributed by atoms with Crippen molar-refractivity contribution in [1.82, 2.24) is 0 Å². The Bertz CT molecular complexity index is 727. The lowest BCUT2D eigenvalue weighted by Gasteiger charge is -2.29. The monoisotopic (exact) mass is 392 g/mol. The number of hydrogen-bond donors (Lipinski definition) is 2. The van der Waals surface area contributed by atoms with Crippen LogP contribution in [0, 0.1) is 5.92 Å². The van der Waals surface area contributed by atoms with Crippen LogP contribution in [0.15, 0.2) is 42.5 Å². The van der Waals surface area contributed by atoms with Crippen molar-refractivity contribution in [2.45, 2.75) is 89.9 Å². The molecule has 2 heteroatoms. The van der Waals surface area contributed by atoms with Crippen LogP contribution in [0.4, 0.5) is 11.4 Å². The van der Waals surface area contributed by atoms with Crippen LogP contribution in [0.5, 0.6) is 0 Å². The molecule has 1 saturated carbocycles. The van der Waals surface area contributed by atoms with Gasteiger partial charge in [0.2, 0.25) is 0 Å². The molecule has 0 atom stereocenters. The standard InChI is InChI=1S/C27H40N2/c1-2-3-4-5-6-7-21-8-13-23(14-9-21)24-15-10-22(11-16-24)12-17-25-18-19-26(28)20-27(25)29/h10-11,15-16,18-21,23H,2-9,12-14,17,28-29H2,1H3. The fraction of sp³-hybridized carbons (Fsp3) is 0.556. The molecule has 29 heavy (non-hydrogen) atoms. The van der Waals surface area contributed by atoms with Crippen LogP contribution in [0.2, 0.25) is 0 Å². The Morgan fingerprint density at radius 3 is 2.21 bits per heavy atom. The van der Waals surface area contributed by atoms with Gasteiger partial charge in [0.1, 0.15) is 0 Å². The normalized spacial score (nSPS) is 19.3. The molecule has 2 nitrogen and oxygen atoms in total. The minimum absolute atomic E-state index is 0.738. The quantitative estimate of drug-likeness (QED) is 0.330. The predicted octanol–water partition coefficient (Wildman–Crippen LogP) is 7.27. The summed E-state index contributed by atoms with van der Waals surface area (Å²) in [5, 5.41) is 0. The number of hydrogen-bond acceptors (Lipinski definition) is 2. The van der Waals surface area contributed by atoms with E-state index in [4.69, 9.17) is 11.5 Å². The molecule has 0 unspecified atom stereocenters. The van der Waals surface area contributed by atoms with Crippen LogP contribution in [0.1, 0.15) is 93.7 Å². The van der Waals surface area contributed by atoms with Crippen LogP contribution in [0.25, 0.3) is 0 Å². The Morgan fingerprint density at radius 1 is 0.793 bits per heavy atom. The van der Waals surface area contributed by atoms with Crippen LogP contribution in [-0.2, 0) is 12.8 Å². The summed E-state index contributed by atoms with van der Waals surface area (Å²) in [6, 6.07) is 15.2. The van der Waals surface area contributed by atoms with Gasteiger partial charge in [-0.1, -0.05) is 75.8 Å². The average molecular weight is 393 g/mol. The molecule has 0 radical (unpaired) electrons. The van der Waals surface area contributed by atoms with Gasteiger partial charge in [0.25, 0.3) is 0 Å². The Morgan fingerprint density at radius 2 is 1.52 bits per heavy atom. The Labute approximate surface area is 178 Å². The van der Waals surface area contributed by atoms with Gasteiger partial charge in [-0.2, -0.15) is 0 Å². The van der Waals surface area contributed by atoms with E-state index in [0.717, 1.165) is 36.1 Å². The van der Waals surface area contributed by atoms with Crippen LogP contribution in [0.3, 0.4) is 0 Å². The van der Waals surface area contributed by atoms with Gasteiger partial charge >= 0.3 is 0 Å². The van der Waals surface area contributed by atoms with Crippen molar-refractivity contribution >= 4 is 11.4 Å². The first-order chi connectivity index (χ1) is 14.2. The number of anilines is 2. The molecular weight excluding hydrogens is 352 g/mol. The second-order valence-corrected chi connectivity index (χ2v) is 9.12. The lowest BCUT2D eigenvalue weighted by Crippen LogP contribution is -2.13. The summed E-state index contributed by atoms with van der Waals surface area (Å²) >= 11 is 0. The van der Waals surface area contributed by atoms with Crippen molar-refractivity contribution in [3.8, 4) is 0 Å². The second kappa shape index (κ2) is 11.3. The summed E-state index contributed by atoms with van der Waals surface area (Å²) in [6.45, 7) is 2.30. The Hall–Kier alpha value is -1.96. The summed E-state index contributed by atoms with van der Waals surface area (Å²) < 4.78 is 0. The minimum atomic E-state index is 0.738. The maximum absolute atomic E-state index is 6.09. The SMILES string of the molecule is CCCCCCCC1CCC(c2ccc(CCc3ccc(N)cc3N)cc2)CC1. The van der Waals surface area contributed by atoms with Gasteiger partial charge in [0, 0.05) is 11.4 Å². The number of unbranched alkanes of at least 4 members (excludes halogenated alkanes) is 4. The van der Waals surface area contributed by atoms with Crippen molar-refractivity contribution < 1.29 is 0 Å². The number of aryl methyl sites for hydroxylation is 2. The number of nitrogen functional groups attached to an aromatic ring is 2. The van der Waals surface area contributed by atoms with E-state index in [1.165, 1.54) is 75.3 Å². The molecule has 0 bridgehead atoms. The summed E-state index contributed by atoms with van der Waals surface area (Å²) in [7, 11) is 0. The summed E-state index contributed by atoms with van der Waals surface area (Å²) in [4.78, 5) is 0. The van der Waals surface area contributed by atoms with E-state index in [2.05, 4.69) is 37.3 Å². The van der Waals surface area contributed by atoms with E-state index < -0.39 is 0 Å². The van der Waals surface area contributed by atoms with Crippen LogP contribution >= 0.6 is 0 Å². The maximum atomic E-state index is 6.09. The molecule has 0 spiro atoms. The fourth-order valence-electron chi connectivity index (χ4n) is 4.90. The Kier molecular flexibility index (Phi) is 8.46. The van der Waals surface area contributed by atoms with Gasteiger partial charge in [-0.05, 0) is 79.2 Å². The van der Waals surface area contributed by atoms with Crippen molar-refractivity contribution in [1.29, 1.82) is 0 Å². The molecule has 0 amide bonds. The molecule has 0 saturated heterocycles. The summed E-state index contributed by atoms with van der Waals surface area (Å²) in [5.41, 5.74) is 17.6. The van der Waals surface area contributed by atoms with Gasteiger partial charge in [-0.25, -0.2) is 0 Å². The number of rotatable bonds is 10. The van der Waals surface area contributed by atoms with Gasteiger partial charge in [0.15, 0.2) is 0 Å². The highest BCUT2D eigenvalue weighted by molar-refractivity contribution is 5.56. The first-order valence-corrected chi connectivity index (χ1v) is 11.9. The minimum Gasteiger partial charge on any atom is -0.399 e. The number of nitrogens with two attached hydrogens (primary N) is 2. The van der Waals surface area contributed by atoms with E-state index in [0.29, 0.717) is 0 Å². The van der Waals surface area contributed by atoms with Gasteiger partial charge in [0.05, 0.1) is 0 Å². The molecule has 0 aromatic heterocycles. The van der Waals surface area contributed by atoms with E-state index in [1.807, 2.05) is 12.1 Å². The zero-order valence-electron chi connectivity index (χ0n) is 18.3. The lowest BCUT2D eigenvalue weighted by atomic mass is 9.77.